The van der Waals surface area contributed by atoms with E-state index in [4.69, 9.17) is 5.73 Å². The number of hydrogen-bond acceptors (Lipinski definition) is 1. The number of nitrogens with two attached hydrogens (primary N) is 1. The van der Waals surface area contributed by atoms with E-state index < -0.39 is 0 Å². The highest BCUT2D eigenvalue weighted by Gasteiger charge is 2.19. The molecule has 1 nitrogen and oxygen atoms in total. The molecule has 0 fully saturated rings. The van der Waals surface area contributed by atoms with Crippen LogP contribution in [-0.2, 0) is 12.0 Å². The first-order chi connectivity index (χ1) is 8.10. The summed E-state index contributed by atoms with van der Waals surface area (Å²) in [6, 6.07) is 8.79. The second kappa shape index (κ2) is 6.80. The molecule has 0 radical (unpaired) electrons. The molecule has 0 aromatic heterocycles. The minimum atomic E-state index is 0.293. The fourth-order valence-electron chi connectivity index (χ4n) is 2.23. The third kappa shape index (κ3) is 4.51. The maximum absolute atomic E-state index is 5.62. The summed E-state index contributed by atoms with van der Waals surface area (Å²) in [7, 11) is 0. The van der Waals surface area contributed by atoms with Gasteiger partial charge < -0.3 is 5.73 Å². The third-order valence-corrected chi connectivity index (χ3v) is 3.63. The number of rotatable bonds is 7. The van der Waals surface area contributed by atoms with E-state index >= 15 is 0 Å². The lowest BCUT2D eigenvalue weighted by atomic mass is 9.80. The van der Waals surface area contributed by atoms with Crippen molar-refractivity contribution in [1.82, 2.24) is 0 Å². The Kier molecular flexibility index (Phi) is 5.70. The van der Waals surface area contributed by atoms with E-state index in [2.05, 4.69) is 45.0 Å². The molecule has 0 saturated carbocycles. The highest BCUT2D eigenvalue weighted by molar-refractivity contribution is 5.27. The van der Waals surface area contributed by atoms with E-state index in [1.54, 1.807) is 0 Å². The lowest BCUT2D eigenvalue weighted by Crippen LogP contribution is -2.17. The fraction of sp³-hybridized carbons (Fsp3) is 0.625. The molecule has 1 aromatic carbocycles. The molecule has 0 aliphatic heterocycles. The van der Waals surface area contributed by atoms with Gasteiger partial charge in [0.25, 0.3) is 0 Å². The van der Waals surface area contributed by atoms with Crippen LogP contribution in [0.25, 0.3) is 0 Å². The van der Waals surface area contributed by atoms with Crippen LogP contribution >= 0.6 is 0 Å². The highest BCUT2D eigenvalue weighted by Crippen LogP contribution is 2.29. The van der Waals surface area contributed by atoms with Crippen LogP contribution in [0.5, 0.6) is 0 Å². The highest BCUT2D eigenvalue weighted by atomic mass is 14.5. The van der Waals surface area contributed by atoms with Gasteiger partial charge >= 0.3 is 0 Å². The predicted molar refractivity (Wildman–Crippen MR) is 76.1 cm³/mol. The van der Waals surface area contributed by atoms with Gasteiger partial charge in [0, 0.05) is 6.54 Å². The molecule has 2 N–H and O–H groups in total. The lowest BCUT2D eigenvalue weighted by molar-refractivity contribution is 0.446. The first-order valence-electron chi connectivity index (χ1n) is 6.89. The lowest BCUT2D eigenvalue weighted by Gasteiger charge is -2.25. The van der Waals surface area contributed by atoms with Crippen molar-refractivity contribution >= 4 is 0 Å². The molecule has 0 atom stereocenters. The average Bonchev–Trinajstić information content (AvgIpc) is 2.35. The molecule has 0 bridgehead atoms. The topological polar surface area (TPSA) is 26.0 Å². The average molecular weight is 233 g/mol. The van der Waals surface area contributed by atoms with Crippen molar-refractivity contribution in [3.63, 3.8) is 0 Å². The number of unbranched alkanes of at least 4 members (excludes halogenated alkanes) is 3. The predicted octanol–water partition coefficient (Wildman–Crippen LogP) is 4.39. The summed E-state index contributed by atoms with van der Waals surface area (Å²) < 4.78 is 0. The normalized spacial score (nSPS) is 11.8. The first kappa shape index (κ1) is 14.2. The van der Waals surface area contributed by atoms with E-state index in [-0.39, 0.29) is 0 Å². The number of hydrogen-bond donors (Lipinski definition) is 1. The Labute approximate surface area is 106 Å². The van der Waals surface area contributed by atoms with E-state index in [9.17, 15) is 0 Å². The standard InChI is InChI=1S/C16H27N/c1-4-5-6-7-12-16(2,3)15-10-8-14(13-17)9-11-15/h8-11H,4-7,12-13,17H2,1-3H3. The molecule has 96 valence electrons. The Morgan fingerprint density at radius 2 is 1.65 bits per heavy atom. The Balaban J connectivity index is 2.55. The molecule has 0 aliphatic rings. The summed E-state index contributed by atoms with van der Waals surface area (Å²) in [6.07, 6.45) is 6.64. The molecule has 0 aliphatic carbocycles. The minimum absolute atomic E-state index is 0.293. The van der Waals surface area contributed by atoms with Crippen molar-refractivity contribution in [2.45, 2.75) is 64.8 Å². The van der Waals surface area contributed by atoms with Crippen LogP contribution in [0.3, 0.4) is 0 Å². The van der Waals surface area contributed by atoms with Gasteiger partial charge in [-0.25, -0.2) is 0 Å². The maximum Gasteiger partial charge on any atom is 0.0178 e. The van der Waals surface area contributed by atoms with Crippen molar-refractivity contribution in [3.8, 4) is 0 Å². The summed E-state index contributed by atoms with van der Waals surface area (Å²) in [4.78, 5) is 0. The Bertz CT molecular complexity index is 311. The molecule has 1 rings (SSSR count). The maximum atomic E-state index is 5.62. The van der Waals surface area contributed by atoms with E-state index in [0.29, 0.717) is 12.0 Å². The third-order valence-electron chi connectivity index (χ3n) is 3.63. The van der Waals surface area contributed by atoms with Crippen LogP contribution in [0, 0.1) is 0 Å². The summed E-state index contributed by atoms with van der Waals surface area (Å²) >= 11 is 0. The molecular formula is C16H27N. The zero-order valence-corrected chi connectivity index (χ0v) is 11.6. The van der Waals surface area contributed by atoms with E-state index in [1.807, 2.05) is 0 Å². The monoisotopic (exact) mass is 233 g/mol. The summed E-state index contributed by atoms with van der Waals surface area (Å²) in [6.45, 7) is 7.58. The summed E-state index contributed by atoms with van der Waals surface area (Å²) in [5, 5.41) is 0. The molecule has 0 spiro atoms. The quantitative estimate of drug-likeness (QED) is 0.694. The van der Waals surface area contributed by atoms with Crippen molar-refractivity contribution in [3.05, 3.63) is 35.4 Å². The van der Waals surface area contributed by atoms with Gasteiger partial charge in [-0.1, -0.05) is 70.7 Å². The Hall–Kier alpha value is -0.820. The van der Waals surface area contributed by atoms with Gasteiger partial charge in [0.05, 0.1) is 0 Å². The Morgan fingerprint density at radius 1 is 1.00 bits per heavy atom. The van der Waals surface area contributed by atoms with Gasteiger partial charge in [-0.2, -0.15) is 0 Å². The second-order valence-electron chi connectivity index (χ2n) is 5.60. The molecule has 1 aromatic rings. The zero-order valence-electron chi connectivity index (χ0n) is 11.6. The van der Waals surface area contributed by atoms with E-state index in [0.717, 1.165) is 0 Å². The molecule has 17 heavy (non-hydrogen) atoms. The van der Waals surface area contributed by atoms with Crippen LogP contribution in [0.15, 0.2) is 24.3 Å². The second-order valence-corrected chi connectivity index (χ2v) is 5.60. The molecule has 0 amide bonds. The smallest absolute Gasteiger partial charge is 0.0178 e. The largest absolute Gasteiger partial charge is 0.326 e. The molecular weight excluding hydrogens is 206 g/mol. The van der Waals surface area contributed by atoms with Crippen LogP contribution < -0.4 is 5.73 Å². The molecule has 1 heteroatoms. The fourth-order valence-corrected chi connectivity index (χ4v) is 2.23. The van der Waals surface area contributed by atoms with Crippen LogP contribution in [0.1, 0.15) is 64.0 Å². The zero-order chi connectivity index (χ0) is 12.7. The first-order valence-corrected chi connectivity index (χ1v) is 6.89. The molecule has 0 unspecified atom stereocenters. The van der Waals surface area contributed by atoms with Crippen LogP contribution in [-0.4, -0.2) is 0 Å². The Morgan fingerprint density at radius 3 is 2.18 bits per heavy atom. The van der Waals surface area contributed by atoms with Crippen LogP contribution in [0.2, 0.25) is 0 Å². The SMILES string of the molecule is CCCCCCC(C)(C)c1ccc(CN)cc1. The van der Waals surface area contributed by atoms with Gasteiger partial charge in [-0.05, 0) is 23.0 Å². The minimum Gasteiger partial charge on any atom is -0.326 e. The molecule has 0 heterocycles. The summed E-state index contributed by atoms with van der Waals surface area (Å²) in [5.41, 5.74) is 8.57. The van der Waals surface area contributed by atoms with E-state index in [1.165, 1.54) is 43.2 Å². The van der Waals surface area contributed by atoms with Crippen molar-refractivity contribution in [2.24, 2.45) is 5.73 Å². The van der Waals surface area contributed by atoms with Gasteiger partial charge in [0.2, 0.25) is 0 Å². The van der Waals surface area contributed by atoms with Crippen molar-refractivity contribution in [2.75, 3.05) is 0 Å². The summed E-state index contributed by atoms with van der Waals surface area (Å²) in [5.74, 6) is 0. The van der Waals surface area contributed by atoms with Gasteiger partial charge in [-0.3, -0.25) is 0 Å². The van der Waals surface area contributed by atoms with Gasteiger partial charge in [0.1, 0.15) is 0 Å². The van der Waals surface area contributed by atoms with Gasteiger partial charge in [0.15, 0.2) is 0 Å². The van der Waals surface area contributed by atoms with Crippen LogP contribution in [0.4, 0.5) is 0 Å². The van der Waals surface area contributed by atoms with Crippen molar-refractivity contribution in [1.29, 1.82) is 0 Å². The van der Waals surface area contributed by atoms with Gasteiger partial charge in [-0.15, -0.1) is 0 Å². The number of benzene rings is 1. The molecule has 0 saturated heterocycles. The van der Waals surface area contributed by atoms with Crippen molar-refractivity contribution < 1.29 is 0 Å².